The standard InChI is InChI=1S/C16H19N5O5/c1-24-11-3-4-12(13(9-11)25-2)19-15-14(21(22)23)16(18-10-17-15)20-5-7-26-8-6-20/h3-4,9-10H,5-8H2,1-2H3,(H,17,18,19). The van der Waals surface area contributed by atoms with Crippen LogP contribution in [0.1, 0.15) is 0 Å². The van der Waals surface area contributed by atoms with Gasteiger partial charge in [0.15, 0.2) is 0 Å². The zero-order valence-electron chi connectivity index (χ0n) is 14.5. The molecule has 26 heavy (non-hydrogen) atoms. The normalized spacial score (nSPS) is 14.0. The van der Waals surface area contributed by atoms with E-state index in [9.17, 15) is 10.1 Å². The molecule has 0 aliphatic carbocycles. The monoisotopic (exact) mass is 361 g/mol. The van der Waals surface area contributed by atoms with Gasteiger partial charge in [-0.25, -0.2) is 9.97 Å². The Kier molecular flexibility index (Phi) is 5.32. The lowest BCUT2D eigenvalue weighted by Gasteiger charge is -2.27. The Morgan fingerprint density at radius 2 is 2.00 bits per heavy atom. The van der Waals surface area contributed by atoms with E-state index >= 15 is 0 Å². The van der Waals surface area contributed by atoms with E-state index in [4.69, 9.17) is 14.2 Å². The Bertz CT molecular complexity index is 795. The van der Waals surface area contributed by atoms with Gasteiger partial charge in [0, 0.05) is 19.2 Å². The fourth-order valence-electron chi connectivity index (χ4n) is 2.66. The molecule has 1 aromatic carbocycles. The van der Waals surface area contributed by atoms with E-state index in [1.165, 1.54) is 13.4 Å². The summed E-state index contributed by atoms with van der Waals surface area (Å²) in [5.41, 5.74) is 0.343. The van der Waals surface area contributed by atoms with E-state index in [0.717, 1.165) is 0 Å². The second-order valence-corrected chi connectivity index (χ2v) is 5.44. The molecule has 0 saturated carbocycles. The molecule has 1 N–H and O–H groups in total. The predicted octanol–water partition coefficient (Wildman–Crippen LogP) is 1.98. The van der Waals surface area contributed by atoms with Crippen LogP contribution < -0.4 is 19.7 Å². The largest absolute Gasteiger partial charge is 0.497 e. The number of nitrogens with zero attached hydrogens (tertiary/aromatic N) is 4. The molecule has 1 saturated heterocycles. The molecule has 3 rings (SSSR count). The first kappa shape index (κ1) is 17.7. The number of anilines is 3. The molecule has 2 heterocycles. The van der Waals surface area contributed by atoms with Crippen molar-refractivity contribution in [2.75, 3.05) is 50.7 Å². The Balaban J connectivity index is 1.99. The van der Waals surface area contributed by atoms with Crippen molar-refractivity contribution in [2.24, 2.45) is 0 Å². The van der Waals surface area contributed by atoms with Gasteiger partial charge >= 0.3 is 5.69 Å². The van der Waals surface area contributed by atoms with Gasteiger partial charge in [0.1, 0.15) is 17.8 Å². The Labute approximate surface area is 149 Å². The summed E-state index contributed by atoms with van der Waals surface area (Å²) in [7, 11) is 3.05. The molecular weight excluding hydrogens is 342 g/mol. The number of aromatic nitrogens is 2. The van der Waals surface area contributed by atoms with Crippen LogP contribution in [0.5, 0.6) is 11.5 Å². The highest BCUT2D eigenvalue weighted by Crippen LogP contribution is 2.37. The van der Waals surface area contributed by atoms with Crippen LogP contribution in [-0.4, -0.2) is 55.4 Å². The Morgan fingerprint density at radius 1 is 1.23 bits per heavy atom. The molecule has 0 amide bonds. The van der Waals surface area contributed by atoms with E-state index in [1.54, 1.807) is 25.3 Å². The van der Waals surface area contributed by atoms with E-state index < -0.39 is 4.92 Å². The van der Waals surface area contributed by atoms with Crippen molar-refractivity contribution in [3.8, 4) is 11.5 Å². The summed E-state index contributed by atoms with van der Waals surface area (Å²) < 4.78 is 15.8. The molecule has 1 aliphatic heterocycles. The first-order valence-electron chi connectivity index (χ1n) is 7.95. The number of methoxy groups -OCH3 is 2. The molecule has 1 fully saturated rings. The van der Waals surface area contributed by atoms with Gasteiger partial charge < -0.3 is 24.4 Å². The van der Waals surface area contributed by atoms with Gasteiger partial charge in [-0.1, -0.05) is 0 Å². The van der Waals surface area contributed by atoms with Crippen LogP contribution in [0, 0.1) is 10.1 Å². The van der Waals surface area contributed by atoms with Gasteiger partial charge in [0.2, 0.25) is 11.6 Å². The maximum atomic E-state index is 11.7. The number of morpholine rings is 1. The van der Waals surface area contributed by atoms with Gasteiger partial charge in [-0.3, -0.25) is 10.1 Å². The van der Waals surface area contributed by atoms with Crippen molar-refractivity contribution >= 4 is 23.0 Å². The number of nitrogens with one attached hydrogen (secondary N) is 1. The average molecular weight is 361 g/mol. The number of ether oxygens (including phenoxy) is 3. The molecule has 10 heteroatoms. The van der Waals surface area contributed by atoms with Crippen molar-refractivity contribution in [2.45, 2.75) is 0 Å². The molecular formula is C16H19N5O5. The zero-order chi connectivity index (χ0) is 18.5. The van der Waals surface area contributed by atoms with Gasteiger partial charge in [0.05, 0.1) is 38.0 Å². The number of nitro groups is 1. The highest BCUT2D eigenvalue weighted by molar-refractivity contribution is 5.76. The second-order valence-electron chi connectivity index (χ2n) is 5.44. The minimum atomic E-state index is -0.483. The van der Waals surface area contributed by atoms with Gasteiger partial charge in [-0.15, -0.1) is 0 Å². The SMILES string of the molecule is COc1ccc(Nc2ncnc(N3CCOCC3)c2[N+](=O)[O-])c(OC)c1. The smallest absolute Gasteiger partial charge is 0.353 e. The van der Waals surface area contributed by atoms with Crippen molar-refractivity contribution < 1.29 is 19.1 Å². The lowest BCUT2D eigenvalue weighted by Crippen LogP contribution is -2.37. The summed E-state index contributed by atoms with van der Waals surface area (Å²) in [6.07, 6.45) is 1.30. The van der Waals surface area contributed by atoms with E-state index in [2.05, 4.69) is 15.3 Å². The fourth-order valence-corrected chi connectivity index (χ4v) is 2.66. The molecule has 10 nitrogen and oxygen atoms in total. The van der Waals surface area contributed by atoms with Crippen molar-refractivity contribution in [1.29, 1.82) is 0 Å². The maximum Gasteiger partial charge on any atom is 0.353 e. The Hall–Kier alpha value is -3.14. The predicted molar refractivity (Wildman–Crippen MR) is 94.5 cm³/mol. The van der Waals surface area contributed by atoms with Crippen LogP contribution in [0.2, 0.25) is 0 Å². The average Bonchev–Trinajstić information content (AvgIpc) is 2.68. The van der Waals surface area contributed by atoms with Crippen molar-refractivity contribution in [3.63, 3.8) is 0 Å². The molecule has 2 aromatic rings. The van der Waals surface area contributed by atoms with Gasteiger partial charge in [0.25, 0.3) is 0 Å². The first-order valence-corrected chi connectivity index (χ1v) is 7.95. The summed E-state index contributed by atoms with van der Waals surface area (Å²) >= 11 is 0. The van der Waals surface area contributed by atoms with E-state index in [0.29, 0.717) is 43.5 Å². The lowest BCUT2D eigenvalue weighted by molar-refractivity contribution is -0.383. The van der Waals surface area contributed by atoms with Crippen LogP contribution in [0.4, 0.5) is 23.0 Å². The van der Waals surface area contributed by atoms with Crippen LogP contribution in [0.25, 0.3) is 0 Å². The van der Waals surface area contributed by atoms with Crippen LogP contribution in [0.3, 0.4) is 0 Å². The third kappa shape index (κ3) is 3.59. The number of hydrogen-bond donors (Lipinski definition) is 1. The number of rotatable bonds is 6. The lowest BCUT2D eigenvalue weighted by atomic mass is 10.2. The quantitative estimate of drug-likeness (QED) is 0.609. The number of benzene rings is 1. The van der Waals surface area contributed by atoms with Gasteiger partial charge in [-0.2, -0.15) is 0 Å². The summed E-state index contributed by atoms with van der Waals surface area (Å²) in [6, 6.07) is 5.11. The van der Waals surface area contributed by atoms with E-state index in [1.807, 2.05) is 4.90 Å². The molecule has 0 unspecified atom stereocenters. The van der Waals surface area contributed by atoms with Crippen LogP contribution >= 0.6 is 0 Å². The van der Waals surface area contributed by atoms with Gasteiger partial charge in [-0.05, 0) is 12.1 Å². The third-order valence-corrected chi connectivity index (χ3v) is 3.96. The third-order valence-electron chi connectivity index (χ3n) is 3.96. The first-order chi connectivity index (χ1) is 12.6. The molecule has 0 radical (unpaired) electrons. The Morgan fingerprint density at radius 3 is 2.65 bits per heavy atom. The topological polar surface area (TPSA) is 112 Å². The summed E-state index contributed by atoms with van der Waals surface area (Å²) in [5, 5.41) is 14.7. The van der Waals surface area contributed by atoms with Crippen LogP contribution in [-0.2, 0) is 4.74 Å². The zero-order valence-corrected chi connectivity index (χ0v) is 14.5. The molecule has 0 spiro atoms. The van der Waals surface area contributed by atoms with E-state index in [-0.39, 0.29) is 17.3 Å². The molecule has 0 atom stereocenters. The van der Waals surface area contributed by atoms with Crippen molar-refractivity contribution in [3.05, 3.63) is 34.6 Å². The fraction of sp³-hybridized carbons (Fsp3) is 0.375. The summed E-state index contributed by atoms with van der Waals surface area (Å²) in [5.74, 6) is 1.45. The minimum absolute atomic E-state index is 0.0926. The molecule has 0 bridgehead atoms. The second kappa shape index (κ2) is 7.83. The summed E-state index contributed by atoms with van der Waals surface area (Å²) in [4.78, 5) is 21.2. The molecule has 1 aromatic heterocycles. The molecule has 138 valence electrons. The van der Waals surface area contributed by atoms with Crippen molar-refractivity contribution in [1.82, 2.24) is 9.97 Å². The highest BCUT2D eigenvalue weighted by Gasteiger charge is 2.28. The highest BCUT2D eigenvalue weighted by atomic mass is 16.6. The van der Waals surface area contributed by atoms with Crippen LogP contribution in [0.15, 0.2) is 24.5 Å². The summed E-state index contributed by atoms with van der Waals surface area (Å²) in [6.45, 7) is 2.05. The minimum Gasteiger partial charge on any atom is -0.497 e. The number of hydrogen-bond acceptors (Lipinski definition) is 9. The molecule has 1 aliphatic rings. The maximum absolute atomic E-state index is 11.7.